The Hall–Kier alpha value is -0.560. The first-order valence-corrected chi connectivity index (χ1v) is 6.11. The molecule has 1 fully saturated rings. The lowest BCUT2D eigenvalue weighted by Crippen LogP contribution is -2.28. The van der Waals surface area contributed by atoms with E-state index in [2.05, 4.69) is 37.6 Å². The van der Waals surface area contributed by atoms with Crippen molar-refractivity contribution >= 4 is 0 Å². The van der Waals surface area contributed by atoms with Crippen LogP contribution in [-0.4, -0.2) is 25.0 Å². The molecule has 0 aromatic carbocycles. The molecule has 1 aliphatic rings. The highest BCUT2D eigenvalue weighted by Crippen LogP contribution is 2.13. The Labute approximate surface area is 95.9 Å². The summed E-state index contributed by atoms with van der Waals surface area (Å²) in [6.07, 6.45) is 11.2. The van der Waals surface area contributed by atoms with Crippen molar-refractivity contribution in [3.05, 3.63) is 24.8 Å². The molecule has 0 unspecified atom stereocenters. The lowest BCUT2D eigenvalue weighted by atomic mass is 10.00. The molecule has 0 radical (unpaired) electrons. The monoisotopic (exact) mass is 209 g/mol. The second-order valence-electron chi connectivity index (χ2n) is 4.42. The van der Waals surface area contributed by atoms with Crippen LogP contribution in [0, 0.1) is 5.92 Å². The predicted molar refractivity (Wildman–Crippen MR) is 70.1 cm³/mol. The van der Waals surface area contributed by atoms with Gasteiger partial charge in [-0.1, -0.05) is 25.2 Å². The van der Waals surface area contributed by atoms with E-state index in [4.69, 9.17) is 0 Å². The highest BCUT2D eigenvalue weighted by molar-refractivity contribution is 4.80. The van der Waals surface area contributed by atoms with Crippen LogP contribution in [0.1, 0.15) is 39.5 Å². The smallest absolute Gasteiger partial charge is 0.00192 e. The molecule has 1 heteroatoms. The molecular weight excluding hydrogens is 182 g/mol. The number of nitrogens with zero attached hydrogens (tertiary/aromatic N) is 1. The summed E-state index contributed by atoms with van der Waals surface area (Å²) in [4.78, 5) is 2.40. The minimum absolute atomic E-state index is 0.978. The zero-order valence-corrected chi connectivity index (χ0v) is 10.7. The summed E-state index contributed by atoms with van der Waals surface area (Å²) in [5, 5.41) is 0. The Balaban J connectivity index is 0.000000265. The van der Waals surface area contributed by atoms with E-state index in [0.717, 1.165) is 18.8 Å². The normalized spacial score (nSPS) is 18.6. The van der Waals surface area contributed by atoms with Crippen LogP contribution < -0.4 is 0 Å². The van der Waals surface area contributed by atoms with Gasteiger partial charge in [-0.25, -0.2) is 0 Å². The molecule has 1 heterocycles. The number of hydrogen-bond acceptors (Lipinski definition) is 1. The summed E-state index contributed by atoms with van der Waals surface area (Å²) >= 11 is 0. The SMILES string of the molecule is C=CCC/C=C\C.CC1CCN(C)CC1. The molecule has 0 atom stereocenters. The van der Waals surface area contributed by atoms with Gasteiger partial charge in [-0.05, 0) is 58.7 Å². The van der Waals surface area contributed by atoms with Crippen LogP contribution in [0.25, 0.3) is 0 Å². The molecule has 0 aromatic rings. The van der Waals surface area contributed by atoms with Crippen molar-refractivity contribution in [3.8, 4) is 0 Å². The highest BCUT2D eigenvalue weighted by Gasteiger charge is 2.10. The molecule has 0 aromatic heterocycles. The molecule has 1 aliphatic heterocycles. The maximum absolute atomic E-state index is 3.60. The van der Waals surface area contributed by atoms with E-state index in [0.29, 0.717) is 0 Å². The lowest BCUT2D eigenvalue weighted by Gasteiger charge is -2.26. The van der Waals surface area contributed by atoms with Gasteiger partial charge in [0.15, 0.2) is 0 Å². The third-order valence-corrected chi connectivity index (χ3v) is 2.78. The molecule has 1 saturated heterocycles. The van der Waals surface area contributed by atoms with Gasteiger partial charge in [-0.15, -0.1) is 6.58 Å². The van der Waals surface area contributed by atoms with E-state index < -0.39 is 0 Å². The Bertz CT molecular complexity index is 154. The minimum atomic E-state index is 0.978. The summed E-state index contributed by atoms with van der Waals surface area (Å²) < 4.78 is 0. The number of unbranched alkanes of at least 4 members (excludes halogenated alkanes) is 1. The minimum Gasteiger partial charge on any atom is -0.306 e. The second kappa shape index (κ2) is 9.97. The highest BCUT2D eigenvalue weighted by atomic mass is 15.1. The molecule has 1 nitrogen and oxygen atoms in total. The number of rotatable bonds is 3. The number of piperidine rings is 1. The van der Waals surface area contributed by atoms with Gasteiger partial charge in [-0.2, -0.15) is 0 Å². The largest absolute Gasteiger partial charge is 0.306 e. The van der Waals surface area contributed by atoms with Gasteiger partial charge in [0, 0.05) is 0 Å². The summed E-state index contributed by atoms with van der Waals surface area (Å²) in [5.74, 6) is 0.978. The van der Waals surface area contributed by atoms with Crippen LogP contribution >= 0.6 is 0 Å². The first-order valence-electron chi connectivity index (χ1n) is 6.11. The summed E-state index contributed by atoms with van der Waals surface area (Å²) in [5.41, 5.74) is 0. The Morgan fingerprint density at radius 3 is 2.27 bits per heavy atom. The van der Waals surface area contributed by atoms with E-state index in [1.807, 2.05) is 13.0 Å². The van der Waals surface area contributed by atoms with Crippen LogP contribution in [0.4, 0.5) is 0 Å². The fourth-order valence-electron chi connectivity index (χ4n) is 1.52. The number of likely N-dealkylation sites (tertiary alicyclic amines) is 1. The fourth-order valence-corrected chi connectivity index (χ4v) is 1.52. The van der Waals surface area contributed by atoms with Crippen molar-refractivity contribution in [2.24, 2.45) is 5.92 Å². The average molecular weight is 209 g/mol. The number of allylic oxidation sites excluding steroid dienone is 3. The van der Waals surface area contributed by atoms with E-state index >= 15 is 0 Å². The third kappa shape index (κ3) is 9.74. The van der Waals surface area contributed by atoms with Crippen LogP contribution in [0.2, 0.25) is 0 Å². The van der Waals surface area contributed by atoms with Crippen LogP contribution in [0.15, 0.2) is 24.8 Å². The Morgan fingerprint density at radius 2 is 1.87 bits per heavy atom. The van der Waals surface area contributed by atoms with Gasteiger partial charge in [0.2, 0.25) is 0 Å². The summed E-state index contributed by atoms with van der Waals surface area (Å²) in [6, 6.07) is 0. The molecule has 0 spiro atoms. The van der Waals surface area contributed by atoms with Gasteiger partial charge in [0.05, 0.1) is 0 Å². The van der Waals surface area contributed by atoms with Gasteiger partial charge < -0.3 is 4.90 Å². The lowest BCUT2D eigenvalue weighted by molar-refractivity contribution is 0.230. The number of hydrogen-bond donors (Lipinski definition) is 0. The van der Waals surface area contributed by atoms with Crippen molar-refractivity contribution in [1.82, 2.24) is 4.90 Å². The van der Waals surface area contributed by atoms with Crippen molar-refractivity contribution in [2.45, 2.75) is 39.5 Å². The van der Waals surface area contributed by atoms with E-state index in [-0.39, 0.29) is 0 Å². The summed E-state index contributed by atoms with van der Waals surface area (Å²) in [6.45, 7) is 10.6. The molecule has 0 amide bonds. The Kier molecular flexibility index (Phi) is 9.60. The summed E-state index contributed by atoms with van der Waals surface area (Å²) in [7, 11) is 2.20. The third-order valence-electron chi connectivity index (χ3n) is 2.78. The van der Waals surface area contributed by atoms with Crippen molar-refractivity contribution in [1.29, 1.82) is 0 Å². The topological polar surface area (TPSA) is 3.24 Å². The van der Waals surface area contributed by atoms with E-state index in [1.54, 1.807) is 0 Å². The molecule has 0 aliphatic carbocycles. The first kappa shape index (κ1) is 14.4. The van der Waals surface area contributed by atoms with E-state index in [9.17, 15) is 0 Å². The van der Waals surface area contributed by atoms with Gasteiger partial charge in [0.25, 0.3) is 0 Å². The zero-order valence-electron chi connectivity index (χ0n) is 10.7. The van der Waals surface area contributed by atoms with Crippen molar-refractivity contribution < 1.29 is 0 Å². The molecular formula is C14H27N. The van der Waals surface area contributed by atoms with Gasteiger partial charge in [-0.3, -0.25) is 0 Å². The molecule has 1 rings (SSSR count). The molecule has 0 saturated carbocycles. The maximum atomic E-state index is 3.60. The molecule has 0 bridgehead atoms. The zero-order chi connectivity index (χ0) is 11.5. The van der Waals surface area contributed by atoms with E-state index in [1.165, 1.54) is 25.9 Å². The van der Waals surface area contributed by atoms with Crippen molar-refractivity contribution in [2.75, 3.05) is 20.1 Å². The van der Waals surface area contributed by atoms with Gasteiger partial charge >= 0.3 is 0 Å². The van der Waals surface area contributed by atoms with Crippen LogP contribution in [0.5, 0.6) is 0 Å². The molecule has 0 N–H and O–H groups in total. The van der Waals surface area contributed by atoms with Gasteiger partial charge in [0.1, 0.15) is 0 Å². The van der Waals surface area contributed by atoms with Crippen LogP contribution in [-0.2, 0) is 0 Å². The Morgan fingerprint density at radius 1 is 1.27 bits per heavy atom. The molecule has 15 heavy (non-hydrogen) atoms. The van der Waals surface area contributed by atoms with Crippen LogP contribution in [0.3, 0.4) is 0 Å². The fraction of sp³-hybridized carbons (Fsp3) is 0.714. The molecule has 88 valence electrons. The predicted octanol–water partition coefficient (Wildman–Crippen LogP) is 3.88. The average Bonchev–Trinajstić information content (AvgIpc) is 2.24. The quantitative estimate of drug-likeness (QED) is 0.504. The maximum Gasteiger partial charge on any atom is -0.00192 e. The van der Waals surface area contributed by atoms with Crippen molar-refractivity contribution in [3.63, 3.8) is 0 Å². The second-order valence-corrected chi connectivity index (χ2v) is 4.42. The standard InChI is InChI=1S/C7H15N.C7H12/c1-7-3-5-8(2)6-4-7;1-3-5-7-6-4-2/h7H,3-6H2,1-2H3;3-4,6H,1,5,7H2,2H3/b;6-4-. The first-order chi connectivity index (χ1) is 7.20.